The summed E-state index contributed by atoms with van der Waals surface area (Å²) in [6, 6.07) is 9.85. The molecule has 5 nitrogen and oxygen atoms in total. The van der Waals surface area contributed by atoms with Crippen LogP contribution in [0.25, 0.3) is 0 Å². The molecule has 1 N–H and O–H groups in total. The lowest BCUT2D eigenvalue weighted by atomic mass is 10.2. The van der Waals surface area contributed by atoms with Gasteiger partial charge in [0.1, 0.15) is 5.69 Å². The highest BCUT2D eigenvalue weighted by atomic mass is 16.5. The Morgan fingerprint density at radius 1 is 1.39 bits per heavy atom. The van der Waals surface area contributed by atoms with E-state index in [1.165, 1.54) is 7.11 Å². The summed E-state index contributed by atoms with van der Waals surface area (Å²) < 4.78 is 9.63. The first-order valence-corrected chi connectivity index (χ1v) is 5.54. The minimum Gasteiger partial charge on any atom is -0.464 e. The number of anilines is 1. The van der Waals surface area contributed by atoms with E-state index in [-0.39, 0.29) is 5.69 Å². The highest BCUT2D eigenvalue weighted by Crippen LogP contribution is 2.21. The van der Waals surface area contributed by atoms with Crippen LogP contribution >= 0.6 is 0 Å². The summed E-state index contributed by atoms with van der Waals surface area (Å²) in [4.78, 5) is 11.5. The number of nitrogens with zero attached hydrogens (tertiary/aromatic N) is 1. The lowest BCUT2D eigenvalue weighted by Crippen LogP contribution is -2.08. The molecule has 0 saturated heterocycles. The highest BCUT2D eigenvalue weighted by molar-refractivity contribution is 5.93. The van der Waals surface area contributed by atoms with Gasteiger partial charge in [0.15, 0.2) is 5.76 Å². The van der Waals surface area contributed by atoms with Crippen LogP contribution in [0.5, 0.6) is 0 Å². The lowest BCUT2D eigenvalue weighted by molar-refractivity contribution is 0.0590. The fourth-order valence-electron chi connectivity index (χ4n) is 1.60. The summed E-state index contributed by atoms with van der Waals surface area (Å²) in [5.41, 5.74) is 1.85. The summed E-state index contributed by atoms with van der Waals surface area (Å²) in [6.07, 6.45) is 0. The molecule has 0 bridgehead atoms. The number of nitrogens with one attached hydrogen (secondary N) is 1. The van der Waals surface area contributed by atoms with E-state index in [0.717, 1.165) is 5.56 Å². The Balaban J connectivity index is 2.14. The Hall–Kier alpha value is -2.30. The Kier molecular flexibility index (Phi) is 3.62. The molecule has 1 aromatic carbocycles. The molecule has 0 fully saturated rings. The van der Waals surface area contributed by atoms with Crippen LogP contribution < -0.4 is 5.32 Å². The average Bonchev–Trinajstić information content (AvgIpc) is 2.78. The summed E-state index contributed by atoms with van der Waals surface area (Å²) in [7, 11) is 1.31. The summed E-state index contributed by atoms with van der Waals surface area (Å²) in [5.74, 6) is 0.0498. The molecule has 0 saturated carbocycles. The number of aromatic nitrogens is 1. The molecule has 0 aliphatic carbocycles. The van der Waals surface area contributed by atoms with E-state index in [0.29, 0.717) is 18.0 Å². The lowest BCUT2D eigenvalue weighted by Gasteiger charge is -2.05. The number of ether oxygens (including phenoxy) is 1. The first kappa shape index (κ1) is 12.2. The van der Waals surface area contributed by atoms with Crippen molar-refractivity contribution in [2.24, 2.45) is 0 Å². The molecule has 0 atom stereocenters. The zero-order valence-electron chi connectivity index (χ0n) is 10.3. The van der Waals surface area contributed by atoms with Gasteiger partial charge in [-0.3, -0.25) is 0 Å². The van der Waals surface area contributed by atoms with Gasteiger partial charge in [-0.15, -0.1) is 0 Å². The number of carbonyl (C=O) groups excluding carboxylic acids is 1. The number of aryl methyl sites for hydroxylation is 1. The third-order valence-electron chi connectivity index (χ3n) is 2.55. The second-order valence-electron chi connectivity index (χ2n) is 3.79. The van der Waals surface area contributed by atoms with Crippen LogP contribution in [-0.4, -0.2) is 18.2 Å². The maximum atomic E-state index is 11.5. The van der Waals surface area contributed by atoms with Gasteiger partial charge in [0, 0.05) is 6.54 Å². The zero-order chi connectivity index (χ0) is 13.0. The quantitative estimate of drug-likeness (QED) is 0.839. The van der Waals surface area contributed by atoms with Crippen molar-refractivity contribution in [1.82, 2.24) is 5.16 Å². The van der Waals surface area contributed by atoms with Crippen LogP contribution in [0.1, 0.15) is 21.8 Å². The molecule has 18 heavy (non-hydrogen) atoms. The van der Waals surface area contributed by atoms with Crippen molar-refractivity contribution < 1.29 is 14.1 Å². The van der Waals surface area contributed by atoms with Crippen LogP contribution in [0.15, 0.2) is 34.9 Å². The van der Waals surface area contributed by atoms with E-state index in [9.17, 15) is 4.79 Å². The molecule has 2 rings (SSSR count). The Morgan fingerprint density at radius 3 is 2.78 bits per heavy atom. The van der Waals surface area contributed by atoms with Crippen LogP contribution in [-0.2, 0) is 11.3 Å². The van der Waals surface area contributed by atoms with Crippen molar-refractivity contribution in [2.75, 3.05) is 12.4 Å². The largest absolute Gasteiger partial charge is 0.464 e. The van der Waals surface area contributed by atoms with Crippen molar-refractivity contribution in [2.45, 2.75) is 13.5 Å². The van der Waals surface area contributed by atoms with Crippen LogP contribution in [0.3, 0.4) is 0 Å². The number of hydrogen-bond donors (Lipinski definition) is 1. The SMILES string of the molecule is COC(=O)c1noc(C)c1NCc1ccccc1. The smallest absolute Gasteiger partial charge is 0.362 e. The summed E-state index contributed by atoms with van der Waals surface area (Å²) in [6.45, 7) is 2.33. The molecule has 0 amide bonds. The molecule has 1 aromatic heterocycles. The fourth-order valence-corrected chi connectivity index (χ4v) is 1.60. The molecule has 1 heterocycles. The van der Waals surface area contributed by atoms with Gasteiger partial charge in [-0.25, -0.2) is 4.79 Å². The molecule has 94 valence electrons. The van der Waals surface area contributed by atoms with E-state index in [4.69, 9.17) is 4.52 Å². The number of carbonyl (C=O) groups is 1. The number of rotatable bonds is 4. The first-order valence-electron chi connectivity index (χ1n) is 5.54. The minimum absolute atomic E-state index is 0.172. The van der Waals surface area contributed by atoms with E-state index in [2.05, 4.69) is 15.2 Å². The number of hydrogen-bond acceptors (Lipinski definition) is 5. The monoisotopic (exact) mass is 246 g/mol. The second-order valence-corrected chi connectivity index (χ2v) is 3.79. The predicted octanol–water partition coefficient (Wildman–Crippen LogP) is 2.38. The molecule has 0 radical (unpaired) electrons. The third kappa shape index (κ3) is 2.51. The fraction of sp³-hybridized carbons (Fsp3) is 0.231. The number of esters is 1. The van der Waals surface area contributed by atoms with Crippen molar-refractivity contribution in [3.8, 4) is 0 Å². The topological polar surface area (TPSA) is 64.4 Å². The van der Waals surface area contributed by atoms with Gasteiger partial charge in [-0.05, 0) is 12.5 Å². The molecular weight excluding hydrogens is 232 g/mol. The maximum absolute atomic E-state index is 11.5. The van der Waals surface area contributed by atoms with Crippen molar-refractivity contribution in [1.29, 1.82) is 0 Å². The molecule has 0 unspecified atom stereocenters. The molecule has 5 heteroatoms. The Bertz CT molecular complexity index is 534. The van der Waals surface area contributed by atoms with Gasteiger partial charge in [0.25, 0.3) is 0 Å². The minimum atomic E-state index is -0.512. The Morgan fingerprint density at radius 2 is 2.11 bits per heavy atom. The zero-order valence-corrected chi connectivity index (χ0v) is 10.3. The number of benzene rings is 1. The second kappa shape index (κ2) is 5.35. The van der Waals surface area contributed by atoms with Gasteiger partial charge in [0.2, 0.25) is 5.69 Å². The molecular formula is C13H14N2O3. The third-order valence-corrected chi connectivity index (χ3v) is 2.55. The maximum Gasteiger partial charge on any atom is 0.362 e. The van der Waals surface area contributed by atoms with Crippen LogP contribution in [0.2, 0.25) is 0 Å². The number of methoxy groups -OCH3 is 1. The standard InChI is InChI=1S/C13H14N2O3/c1-9-11(12(15-18-9)13(16)17-2)14-8-10-6-4-3-5-7-10/h3-7,14H,8H2,1-2H3. The molecule has 2 aromatic rings. The van der Waals surface area contributed by atoms with Gasteiger partial charge >= 0.3 is 5.97 Å². The normalized spacial score (nSPS) is 10.1. The summed E-state index contributed by atoms with van der Waals surface area (Å²) >= 11 is 0. The molecule has 0 spiro atoms. The van der Waals surface area contributed by atoms with Crippen LogP contribution in [0, 0.1) is 6.92 Å². The molecule has 0 aliphatic heterocycles. The average molecular weight is 246 g/mol. The van der Waals surface area contributed by atoms with Crippen molar-refractivity contribution in [3.63, 3.8) is 0 Å². The van der Waals surface area contributed by atoms with E-state index in [1.54, 1.807) is 6.92 Å². The van der Waals surface area contributed by atoms with Gasteiger partial charge in [-0.1, -0.05) is 35.5 Å². The summed E-state index contributed by atoms with van der Waals surface area (Å²) in [5, 5.41) is 6.82. The van der Waals surface area contributed by atoms with Gasteiger partial charge in [-0.2, -0.15) is 0 Å². The van der Waals surface area contributed by atoms with E-state index in [1.807, 2.05) is 30.3 Å². The van der Waals surface area contributed by atoms with Crippen molar-refractivity contribution in [3.05, 3.63) is 47.3 Å². The molecule has 0 aliphatic rings. The van der Waals surface area contributed by atoms with E-state index >= 15 is 0 Å². The van der Waals surface area contributed by atoms with Crippen LogP contribution in [0.4, 0.5) is 5.69 Å². The van der Waals surface area contributed by atoms with Gasteiger partial charge in [0.05, 0.1) is 7.11 Å². The van der Waals surface area contributed by atoms with E-state index < -0.39 is 5.97 Å². The first-order chi connectivity index (χ1) is 8.72. The van der Waals surface area contributed by atoms with Crippen molar-refractivity contribution >= 4 is 11.7 Å². The predicted molar refractivity (Wildman–Crippen MR) is 66.3 cm³/mol. The van der Waals surface area contributed by atoms with Gasteiger partial charge < -0.3 is 14.6 Å². The Labute approximate surface area is 105 Å². The highest BCUT2D eigenvalue weighted by Gasteiger charge is 2.19.